The van der Waals surface area contributed by atoms with E-state index >= 15 is 0 Å². The first-order valence-corrected chi connectivity index (χ1v) is 8.00. The summed E-state index contributed by atoms with van der Waals surface area (Å²) in [6.45, 7) is 5.90. The number of rotatable bonds is 6. The summed E-state index contributed by atoms with van der Waals surface area (Å²) in [6.07, 6.45) is 0.577. The zero-order valence-electron chi connectivity index (χ0n) is 14.6. The Labute approximate surface area is 141 Å². The summed E-state index contributed by atoms with van der Waals surface area (Å²) < 4.78 is 16.3. The van der Waals surface area contributed by atoms with Crippen LogP contribution in [0.2, 0.25) is 0 Å². The molecule has 0 saturated heterocycles. The minimum Gasteiger partial charge on any atom is -0.497 e. The molecule has 1 amide bonds. The number of furan rings is 1. The number of aliphatic hydroxyl groups excluding tert-OH is 1. The van der Waals surface area contributed by atoms with E-state index in [1.54, 1.807) is 7.11 Å². The summed E-state index contributed by atoms with van der Waals surface area (Å²) in [6, 6.07) is 5.62. The number of hydrogen-bond acceptors (Lipinski definition) is 5. The maximum Gasteiger partial charge on any atom is 0.407 e. The highest BCUT2D eigenvalue weighted by Gasteiger charge is 2.17. The molecule has 6 nitrogen and oxygen atoms in total. The van der Waals surface area contributed by atoms with Crippen molar-refractivity contribution < 1.29 is 23.8 Å². The van der Waals surface area contributed by atoms with E-state index < -0.39 is 11.7 Å². The quantitative estimate of drug-likeness (QED) is 0.848. The molecule has 0 aliphatic carbocycles. The minimum absolute atomic E-state index is 0.00342. The fourth-order valence-electron chi connectivity index (χ4n) is 2.49. The van der Waals surface area contributed by atoms with E-state index in [-0.39, 0.29) is 6.61 Å². The van der Waals surface area contributed by atoms with Gasteiger partial charge in [0.25, 0.3) is 0 Å². The second-order valence-electron chi connectivity index (χ2n) is 6.52. The molecule has 0 unspecified atom stereocenters. The van der Waals surface area contributed by atoms with Crippen LogP contribution in [0.1, 0.15) is 32.1 Å². The lowest BCUT2D eigenvalue weighted by Gasteiger charge is -2.19. The van der Waals surface area contributed by atoms with E-state index in [1.807, 2.05) is 39.0 Å². The van der Waals surface area contributed by atoms with Crippen molar-refractivity contribution in [2.75, 3.05) is 20.3 Å². The summed E-state index contributed by atoms with van der Waals surface area (Å²) in [5, 5.41) is 12.9. The number of fused-ring (bicyclic) bond motifs is 1. The number of amides is 1. The van der Waals surface area contributed by atoms with Crippen LogP contribution in [0.4, 0.5) is 4.79 Å². The molecule has 1 aromatic heterocycles. The number of aliphatic hydroxyl groups is 1. The molecule has 2 rings (SSSR count). The summed E-state index contributed by atoms with van der Waals surface area (Å²) in [5.41, 5.74) is 1.17. The van der Waals surface area contributed by atoms with Crippen molar-refractivity contribution in [3.63, 3.8) is 0 Å². The van der Waals surface area contributed by atoms with E-state index in [2.05, 4.69) is 5.32 Å². The third kappa shape index (κ3) is 4.64. The van der Waals surface area contributed by atoms with Crippen LogP contribution in [0.3, 0.4) is 0 Å². The third-order valence-corrected chi connectivity index (χ3v) is 3.47. The fourth-order valence-corrected chi connectivity index (χ4v) is 2.49. The molecule has 24 heavy (non-hydrogen) atoms. The molecule has 6 heteroatoms. The Morgan fingerprint density at radius 3 is 2.67 bits per heavy atom. The van der Waals surface area contributed by atoms with Crippen molar-refractivity contribution >= 4 is 17.1 Å². The number of carbonyl (C=O) groups is 1. The molecule has 0 fully saturated rings. The normalized spacial score (nSPS) is 11.5. The lowest BCUT2D eigenvalue weighted by Crippen LogP contribution is -2.33. The predicted octanol–water partition coefficient (Wildman–Crippen LogP) is 3.04. The van der Waals surface area contributed by atoms with E-state index in [4.69, 9.17) is 13.9 Å². The standard InChI is InChI=1S/C18H25NO5/c1-18(2,3)24-17(21)19-9-7-14-13-6-5-12(22-4)11-16(13)23-15(14)8-10-20/h5-6,11,20H,7-10H2,1-4H3,(H,19,21). The summed E-state index contributed by atoms with van der Waals surface area (Å²) >= 11 is 0. The van der Waals surface area contributed by atoms with Gasteiger partial charge in [0.15, 0.2) is 0 Å². The lowest BCUT2D eigenvalue weighted by molar-refractivity contribution is 0.0528. The van der Waals surface area contributed by atoms with Crippen molar-refractivity contribution in [3.05, 3.63) is 29.5 Å². The molecular weight excluding hydrogens is 310 g/mol. The summed E-state index contributed by atoms with van der Waals surface area (Å²) in [7, 11) is 1.60. The predicted molar refractivity (Wildman–Crippen MR) is 91.5 cm³/mol. The third-order valence-electron chi connectivity index (χ3n) is 3.47. The first kappa shape index (κ1) is 18.1. The average molecular weight is 335 g/mol. The van der Waals surface area contributed by atoms with Gasteiger partial charge in [-0.25, -0.2) is 4.79 Å². The lowest BCUT2D eigenvalue weighted by atomic mass is 10.1. The fraction of sp³-hybridized carbons (Fsp3) is 0.500. The van der Waals surface area contributed by atoms with Crippen molar-refractivity contribution in [1.82, 2.24) is 5.32 Å². The molecule has 0 aliphatic rings. The Hall–Kier alpha value is -2.21. The van der Waals surface area contributed by atoms with Gasteiger partial charge in [-0.1, -0.05) is 0 Å². The van der Waals surface area contributed by atoms with Gasteiger partial charge in [0.05, 0.1) is 13.7 Å². The zero-order chi connectivity index (χ0) is 17.7. The van der Waals surface area contributed by atoms with Gasteiger partial charge in [0, 0.05) is 30.0 Å². The van der Waals surface area contributed by atoms with E-state index in [1.165, 1.54) is 0 Å². The van der Waals surface area contributed by atoms with Crippen molar-refractivity contribution in [2.24, 2.45) is 0 Å². The van der Waals surface area contributed by atoms with Gasteiger partial charge in [-0.05, 0) is 39.3 Å². The van der Waals surface area contributed by atoms with Gasteiger partial charge in [0.1, 0.15) is 22.7 Å². The van der Waals surface area contributed by atoms with Crippen LogP contribution in [0.15, 0.2) is 22.6 Å². The Bertz CT molecular complexity index is 699. The molecule has 0 radical (unpaired) electrons. The maximum absolute atomic E-state index is 11.7. The molecule has 0 aliphatic heterocycles. The van der Waals surface area contributed by atoms with Gasteiger partial charge in [-0.3, -0.25) is 0 Å². The molecule has 0 saturated carbocycles. The van der Waals surface area contributed by atoms with Crippen molar-refractivity contribution in [3.8, 4) is 5.75 Å². The highest BCUT2D eigenvalue weighted by Crippen LogP contribution is 2.29. The highest BCUT2D eigenvalue weighted by atomic mass is 16.6. The number of ether oxygens (including phenoxy) is 2. The van der Waals surface area contributed by atoms with Crippen molar-refractivity contribution in [1.29, 1.82) is 0 Å². The van der Waals surface area contributed by atoms with Crippen molar-refractivity contribution in [2.45, 2.75) is 39.2 Å². The summed E-state index contributed by atoms with van der Waals surface area (Å²) in [4.78, 5) is 11.7. The Morgan fingerprint density at radius 1 is 1.29 bits per heavy atom. The van der Waals surface area contributed by atoms with Crippen LogP contribution >= 0.6 is 0 Å². The van der Waals surface area contributed by atoms with Crippen LogP contribution in [0, 0.1) is 0 Å². The Morgan fingerprint density at radius 2 is 2.04 bits per heavy atom. The number of benzene rings is 1. The molecule has 1 heterocycles. The van der Waals surface area contributed by atoms with Crippen LogP contribution in [-0.4, -0.2) is 37.1 Å². The first-order valence-electron chi connectivity index (χ1n) is 8.00. The molecule has 0 spiro atoms. The largest absolute Gasteiger partial charge is 0.497 e. The second-order valence-corrected chi connectivity index (χ2v) is 6.52. The van der Waals surface area contributed by atoms with E-state index in [9.17, 15) is 9.90 Å². The minimum atomic E-state index is -0.523. The molecule has 0 bridgehead atoms. The molecule has 2 aromatic rings. The maximum atomic E-state index is 11.7. The Kier molecular flexibility index (Phi) is 5.72. The van der Waals surface area contributed by atoms with Crippen LogP contribution in [-0.2, 0) is 17.6 Å². The topological polar surface area (TPSA) is 80.9 Å². The number of carbonyl (C=O) groups excluding carboxylic acids is 1. The number of hydrogen-bond donors (Lipinski definition) is 2. The SMILES string of the molecule is COc1ccc2c(CCNC(=O)OC(C)(C)C)c(CCO)oc2c1. The van der Waals surface area contributed by atoms with Gasteiger partial charge in [-0.15, -0.1) is 0 Å². The van der Waals surface area contributed by atoms with Gasteiger partial charge < -0.3 is 24.3 Å². The molecule has 1 aromatic carbocycles. The zero-order valence-corrected chi connectivity index (χ0v) is 14.6. The highest BCUT2D eigenvalue weighted by molar-refractivity contribution is 5.83. The van der Waals surface area contributed by atoms with Crippen LogP contribution in [0.25, 0.3) is 11.0 Å². The Balaban J connectivity index is 2.12. The first-order chi connectivity index (χ1) is 11.3. The van der Waals surface area contributed by atoms with Crippen LogP contribution < -0.4 is 10.1 Å². The monoisotopic (exact) mass is 335 g/mol. The van der Waals surface area contributed by atoms with Gasteiger partial charge >= 0.3 is 6.09 Å². The van der Waals surface area contributed by atoms with Gasteiger partial charge in [0.2, 0.25) is 0 Å². The molecule has 132 valence electrons. The number of alkyl carbamates (subject to hydrolysis) is 1. The number of methoxy groups -OCH3 is 1. The molecule has 0 atom stereocenters. The number of nitrogens with one attached hydrogen (secondary N) is 1. The van der Waals surface area contributed by atoms with E-state index in [0.29, 0.717) is 30.7 Å². The smallest absolute Gasteiger partial charge is 0.407 e. The van der Waals surface area contributed by atoms with Crippen LogP contribution in [0.5, 0.6) is 5.75 Å². The second kappa shape index (κ2) is 7.57. The van der Waals surface area contributed by atoms with Gasteiger partial charge in [-0.2, -0.15) is 0 Å². The molecule has 2 N–H and O–H groups in total. The van der Waals surface area contributed by atoms with E-state index in [0.717, 1.165) is 16.7 Å². The molecular formula is C18H25NO5. The summed E-state index contributed by atoms with van der Waals surface area (Å²) in [5.74, 6) is 1.44. The average Bonchev–Trinajstić information content (AvgIpc) is 2.82.